The number of rotatable bonds is 3. The number of aromatic nitrogens is 4. The molecular weight excluding hydrogens is 310 g/mol. The van der Waals surface area contributed by atoms with E-state index < -0.39 is 0 Å². The zero-order valence-corrected chi connectivity index (χ0v) is 13.5. The zero-order valence-electron chi connectivity index (χ0n) is 12.8. The normalized spacial score (nSPS) is 13.1. The van der Waals surface area contributed by atoms with Gasteiger partial charge in [-0.15, -0.1) is 0 Å². The third kappa shape index (κ3) is 2.80. The van der Waals surface area contributed by atoms with Crippen molar-refractivity contribution in [3.8, 4) is 11.1 Å². The van der Waals surface area contributed by atoms with Gasteiger partial charge in [0.05, 0.1) is 11.9 Å². The second-order valence-corrected chi connectivity index (χ2v) is 6.06. The fourth-order valence-electron chi connectivity index (χ4n) is 2.96. The first-order chi connectivity index (χ1) is 11.2. The fraction of sp³-hybridized carbons (Fsp3) is 0.235. The van der Waals surface area contributed by atoms with Crippen molar-refractivity contribution < 1.29 is 0 Å². The van der Waals surface area contributed by atoms with Crippen LogP contribution in [0, 0.1) is 0 Å². The lowest BCUT2D eigenvalue weighted by atomic mass is 10.1. The van der Waals surface area contributed by atoms with E-state index >= 15 is 0 Å². The second-order valence-electron chi connectivity index (χ2n) is 5.73. The van der Waals surface area contributed by atoms with Crippen molar-refractivity contribution in [2.45, 2.75) is 19.3 Å². The van der Waals surface area contributed by atoms with E-state index in [0.717, 1.165) is 47.6 Å². The van der Waals surface area contributed by atoms with Gasteiger partial charge in [0, 0.05) is 30.1 Å². The van der Waals surface area contributed by atoms with Gasteiger partial charge in [-0.25, -0.2) is 9.97 Å². The van der Waals surface area contributed by atoms with Gasteiger partial charge < -0.3 is 5.32 Å². The van der Waals surface area contributed by atoms with Crippen molar-refractivity contribution in [1.29, 1.82) is 0 Å². The zero-order chi connectivity index (χ0) is 15.8. The highest BCUT2D eigenvalue weighted by molar-refractivity contribution is 6.28. The molecular formula is C17H16ClN5. The molecule has 1 aliphatic carbocycles. The summed E-state index contributed by atoms with van der Waals surface area (Å²) in [6.45, 7) is 0. The number of aryl methyl sites for hydroxylation is 2. The number of nitrogens with zero attached hydrogens (tertiary/aromatic N) is 4. The first-order valence-electron chi connectivity index (χ1n) is 7.60. The molecule has 0 unspecified atom stereocenters. The number of anilines is 2. The molecule has 0 spiro atoms. The van der Waals surface area contributed by atoms with Crippen LogP contribution in [-0.4, -0.2) is 19.7 Å². The van der Waals surface area contributed by atoms with E-state index in [1.54, 1.807) is 4.68 Å². The quantitative estimate of drug-likeness (QED) is 0.745. The summed E-state index contributed by atoms with van der Waals surface area (Å²) in [5.41, 5.74) is 5.48. The molecule has 0 saturated heterocycles. The average Bonchev–Trinajstić information content (AvgIpc) is 3.17. The van der Waals surface area contributed by atoms with Gasteiger partial charge in [0.25, 0.3) is 0 Å². The lowest BCUT2D eigenvalue weighted by Gasteiger charge is -2.11. The maximum absolute atomic E-state index is 6.03. The molecule has 116 valence electrons. The van der Waals surface area contributed by atoms with Gasteiger partial charge in [0.2, 0.25) is 5.28 Å². The summed E-state index contributed by atoms with van der Waals surface area (Å²) >= 11 is 6.03. The highest BCUT2D eigenvalue weighted by atomic mass is 35.5. The summed E-state index contributed by atoms with van der Waals surface area (Å²) in [6, 6.07) is 8.23. The SMILES string of the molecule is Cn1cc(-c2ccc(Nc3nc(Cl)nc4c3CCC4)cc2)cn1. The Morgan fingerprint density at radius 2 is 1.91 bits per heavy atom. The fourth-order valence-corrected chi connectivity index (χ4v) is 3.15. The molecule has 2 aromatic heterocycles. The number of hydrogen-bond acceptors (Lipinski definition) is 4. The van der Waals surface area contributed by atoms with Crippen molar-refractivity contribution in [3.63, 3.8) is 0 Å². The second kappa shape index (κ2) is 5.66. The van der Waals surface area contributed by atoms with E-state index in [4.69, 9.17) is 11.6 Å². The molecule has 0 bridgehead atoms. The Morgan fingerprint density at radius 3 is 2.65 bits per heavy atom. The van der Waals surface area contributed by atoms with Crippen LogP contribution in [0.1, 0.15) is 17.7 Å². The van der Waals surface area contributed by atoms with Crippen LogP contribution in [0.25, 0.3) is 11.1 Å². The Bertz CT molecular complexity index is 854. The van der Waals surface area contributed by atoms with Crippen LogP contribution in [0.3, 0.4) is 0 Å². The van der Waals surface area contributed by atoms with Gasteiger partial charge in [-0.3, -0.25) is 4.68 Å². The first-order valence-corrected chi connectivity index (χ1v) is 7.98. The molecule has 0 amide bonds. The van der Waals surface area contributed by atoms with Gasteiger partial charge in [-0.2, -0.15) is 5.10 Å². The summed E-state index contributed by atoms with van der Waals surface area (Å²) in [5, 5.41) is 7.88. The molecule has 5 nitrogen and oxygen atoms in total. The first kappa shape index (κ1) is 14.2. The molecule has 1 N–H and O–H groups in total. The number of benzene rings is 1. The minimum Gasteiger partial charge on any atom is -0.340 e. The largest absolute Gasteiger partial charge is 0.340 e. The number of fused-ring (bicyclic) bond motifs is 1. The Balaban J connectivity index is 1.60. The predicted octanol–water partition coefficient (Wildman–Crippen LogP) is 3.76. The number of nitrogens with one attached hydrogen (secondary N) is 1. The molecule has 1 aromatic carbocycles. The van der Waals surface area contributed by atoms with Crippen LogP contribution in [0.15, 0.2) is 36.7 Å². The van der Waals surface area contributed by atoms with Crippen molar-refractivity contribution in [2.75, 3.05) is 5.32 Å². The van der Waals surface area contributed by atoms with Gasteiger partial charge in [0.1, 0.15) is 5.82 Å². The van der Waals surface area contributed by atoms with E-state index in [1.165, 1.54) is 5.56 Å². The van der Waals surface area contributed by atoms with Crippen molar-refractivity contribution in [3.05, 3.63) is 53.2 Å². The number of hydrogen-bond donors (Lipinski definition) is 1. The predicted molar refractivity (Wildman–Crippen MR) is 91.0 cm³/mol. The molecule has 0 radical (unpaired) electrons. The lowest BCUT2D eigenvalue weighted by molar-refractivity contribution is 0.768. The Labute approximate surface area is 139 Å². The van der Waals surface area contributed by atoms with Crippen LogP contribution in [0.5, 0.6) is 0 Å². The van der Waals surface area contributed by atoms with Gasteiger partial charge in [0.15, 0.2) is 0 Å². The Morgan fingerprint density at radius 1 is 1.09 bits per heavy atom. The van der Waals surface area contributed by atoms with E-state index in [1.807, 2.05) is 31.6 Å². The minimum absolute atomic E-state index is 0.306. The van der Waals surface area contributed by atoms with Gasteiger partial charge in [-0.1, -0.05) is 12.1 Å². The molecule has 23 heavy (non-hydrogen) atoms. The van der Waals surface area contributed by atoms with Crippen LogP contribution in [0.2, 0.25) is 5.28 Å². The topological polar surface area (TPSA) is 55.6 Å². The van der Waals surface area contributed by atoms with Crippen molar-refractivity contribution in [2.24, 2.45) is 7.05 Å². The monoisotopic (exact) mass is 325 g/mol. The molecule has 0 fully saturated rings. The maximum atomic E-state index is 6.03. The van der Waals surface area contributed by atoms with E-state index in [0.29, 0.717) is 5.28 Å². The Hall–Kier alpha value is -2.40. The Kier molecular flexibility index (Phi) is 3.50. The van der Waals surface area contributed by atoms with Crippen LogP contribution < -0.4 is 5.32 Å². The molecule has 2 heterocycles. The summed E-state index contributed by atoms with van der Waals surface area (Å²) in [5.74, 6) is 0.826. The molecule has 0 atom stereocenters. The molecule has 6 heteroatoms. The van der Waals surface area contributed by atoms with Crippen LogP contribution in [-0.2, 0) is 19.9 Å². The molecule has 3 aromatic rings. The van der Waals surface area contributed by atoms with Gasteiger partial charge in [-0.05, 0) is 48.6 Å². The van der Waals surface area contributed by atoms with E-state index in [2.05, 4.69) is 32.5 Å². The number of halogens is 1. The van der Waals surface area contributed by atoms with Gasteiger partial charge >= 0.3 is 0 Å². The minimum atomic E-state index is 0.306. The standard InChI is InChI=1S/C17H16ClN5/c1-23-10-12(9-19-23)11-5-7-13(8-6-11)20-16-14-3-2-4-15(14)21-17(18)22-16/h5-10H,2-4H2,1H3,(H,20,21,22). The molecule has 4 rings (SSSR count). The summed E-state index contributed by atoms with van der Waals surface area (Å²) in [6.07, 6.45) is 6.95. The summed E-state index contributed by atoms with van der Waals surface area (Å²) in [7, 11) is 1.92. The molecule has 0 saturated carbocycles. The third-order valence-corrected chi connectivity index (χ3v) is 4.26. The lowest BCUT2D eigenvalue weighted by Crippen LogP contribution is -2.01. The molecule has 1 aliphatic rings. The summed E-state index contributed by atoms with van der Waals surface area (Å²) < 4.78 is 1.80. The van der Waals surface area contributed by atoms with Crippen LogP contribution >= 0.6 is 11.6 Å². The third-order valence-electron chi connectivity index (χ3n) is 4.09. The molecule has 0 aliphatic heterocycles. The van der Waals surface area contributed by atoms with E-state index in [9.17, 15) is 0 Å². The summed E-state index contributed by atoms with van der Waals surface area (Å²) in [4.78, 5) is 8.67. The smallest absolute Gasteiger partial charge is 0.224 e. The highest BCUT2D eigenvalue weighted by Gasteiger charge is 2.19. The highest BCUT2D eigenvalue weighted by Crippen LogP contribution is 2.30. The van der Waals surface area contributed by atoms with Crippen molar-refractivity contribution in [1.82, 2.24) is 19.7 Å². The van der Waals surface area contributed by atoms with Crippen LogP contribution in [0.4, 0.5) is 11.5 Å². The maximum Gasteiger partial charge on any atom is 0.224 e. The van der Waals surface area contributed by atoms with Crippen molar-refractivity contribution >= 4 is 23.1 Å². The average molecular weight is 326 g/mol. The van der Waals surface area contributed by atoms with E-state index in [-0.39, 0.29) is 0 Å².